The first-order valence-electron chi connectivity index (χ1n) is 6.85. The molecule has 2 rings (SSSR count). The lowest BCUT2D eigenvalue weighted by Gasteiger charge is -2.12. The molecule has 5 nitrogen and oxygen atoms in total. The summed E-state index contributed by atoms with van der Waals surface area (Å²) in [6.45, 7) is 0.548. The van der Waals surface area contributed by atoms with Crippen molar-refractivity contribution < 1.29 is 9.90 Å². The minimum absolute atomic E-state index is 0.169. The first-order chi connectivity index (χ1) is 10.1. The second-order valence-electron chi connectivity index (χ2n) is 4.87. The van der Waals surface area contributed by atoms with E-state index in [2.05, 4.69) is 10.3 Å². The van der Waals surface area contributed by atoms with Crippen molar-refractivity contribution in [1.29, 1.82) is 0 Å². The number of hydrogen-bond donors (Lipinski definition) is 3. The highest BCUT2D eigenvalue weighted by atomic mass is 16.3. The van der Waals surface area contributed by atoms with Crippen LogP contribution in [0.5, 0.6) is 5.75 Å². The highest BCUT2D eigenvalue weighted by molar-refractivity contribution is 5.81. The van der Waals surface area contributed by atoms with Crippen molar-refractivity contribution in [1.82, 2.24) is 10.3 Å². The van der Waals surface area contributed by atoms with E-state index in [9.17, 15) is 9.90 Å². The normalized spacial score (nSPS) is 11.9. The Hall–Kier alpha value is -2.40. The average Bonchev–Trinajstić information content (AvgIpc) is 2.50. The Morgan fingerprint density at radius 2 is 1.81 bits per heavy atom. The second-order valence-corrected chi connectivity index (χ2v) is 4.87. The number of rotatable bonds is 6. The molecule has 1 amide bonds. The molecule has 110 valence electrons. The molecule has 1 unspecified atom stereocenters. The summed E-state index contributed by atoms with van der Waals surface area (Å²) in [6, 6.07) is 9.95. The van der Waals surface area contributed by atoms with Crippen LogP contribution in [-0.4, -0.2) is 28.6 Å². The fourth-order valence-corrected chi connectivity index (χ4v) is 1.99. The number of hydrogen-bond acceptors (Lipinski definition) is 4. The summed E-state index contributed by atoms with van der Waals surface area (Å²) < 4.78 is 0. The lowest BCUT2D eigenvalue weighted by atomic mass is 10.1. The SMILES string of the molecule is NC(Cc1ccc(O)cc1)C(=O)NCCc1ccncc1. The number of amides is 1. The largest absolute Gasteiger partial charge is 0.508 e. The van der Waals surface area contributed by atoms with Crippen LogP contribution in [0.2, 0.25) is 0 Å². The van der Waals surface area contributed by atoms with Gasteiger partial charge in [-0.15, -0.1) is 0 Å². The number of nitrogens with zero attached hydrogens (tertiary/aromatic N) is 1. The number of nitrogens with one attached hydrogen (secondary N) is 1. The van der Waals surface area contributed by atoms with Crippen LogP contribution in [0.4, 0.5) is 0 Å². The maximum atomic E-state index is 11.9. The number of phenolic OH excluding ortho intramolecular Hbond substituents is 1. The molecular weight excluding hydrogens is 266 g/mol. The van der Waals surface area contributed by atoms with E-state index >= 15 is 0 Å². The molecule has 0 aliphatic rings. The number of nitrogens with two attached hydrogens (primary N) is 1. The van der Waals surface area contributed by atoms with E-state index in [1.54, 1.807) is 36.7 Å². The highest BCUT2D eigenvalue weighted by Crippen LogP contribution is 2.10. The number of phenols is 1. The molecule has 1 heterocycles. The van der Waals surface area contributed by atoms with E-state index in [1.807, 2.05) is 12.1 Å². The van der Waals surface area contributed by atoms with Crippen molar-refractivity contribution in [2.75, 3.05) is 6.54 Å². The lowest BCUT2D eigenvalue weighted by molar-refractivity contribution is -0.122. The van der Waals surface area contributed by atoms with Crippen molar-refractivity contribution in [3.63, 3.8) is 0 Å². The van der Waals surface area contributed by atoms with Crippen molar-refractivity contribution >= 4 is 5.91 Å². The topological polar surface area (TPSA) is 88.2 Å². The van der Waals surface area contributed by atoms with Gasteiger partial charge in [-0.1, -0.05) is 12.1 Å². The van der Waals surface area contributed by atoms with Crippen LogP contribution >= 0.6 is 0 Å². The molecule has 0 radical (unpaired) electrons. The molecule has 1 aromatic carbocycles. The summed E-state index contributed by atoms with van der Waals surface area (Å²) in [5, 5.41) is 12.0. The number of aromatic nitrogens is 1. The summed E-state index contributed by atoms with van der Waals surface area (Å²) in [6.07, 6.45) is 4.66. The molecule has 0 fully saturated rings. The third-order valence-electron chi connectivity index (χ3n) is 3.19. The van der Waals surface area contributed by atoms with E-state index in [1.165, 1.54) is 0 Å². The number of carbonyl (C=O) groups excluding carboxylic acids is 1. The van der Waals surface area contributed by atoms with Gasteiger partial charge in [-0.3, -0.25) is 9.78 Å². The van der Waals surface area contributed by atoms with E-state index < -0.39 is 6.04 Å². The third-order valence-corrected chi connectivity index (χ3v) is 3.19. The molecule has 1 aromatic heterocycles. The second kappa shape index (κ2) is 7.40. The summed E-state index contributed by atoms with van der Waals surface area (Å²) in [7, 11) is 0. The molecule has 0 bridgehead atoms. The van der Waals surface area contributed by atoms with Crippen LogP contribution in [0, 0.1) is 0 Å². The fraction of sp³-hybridized carbons (Fsp3) is 0.250. The minimum atomic E-state index is -0.591. The maximum absolute atomic E-state index is 11.9. The Morgan fingerprint density at radius 3 is 2.48 bits per heavy atom. The number of benzene rings is 1. The predicted octanol–water partition coefficient (Wildman–Crippen LogP) is 1.02. The van der Waals surface area contributed by atoms with Crippen LogP contribution < -0.4 is 11.1 Å². The van der Waals surface area contributed by atoms with Gasteiger partial charge in [-0.05, 0) is 48.2 Å². The molecule has 1 atom stereocenters. The zero-order valence-corrected chi connectivity index (χ0v) is 11.7. The van der Waals surface area contributed by atoms with Gasteiger partial charge in [-0.25, -0.2) is 0 Å². The van der Waals surface area contributed by atoms with Gasteiger partial charge in [0.2, 0.25) is 5.91 Å². The molecule has 5 heteroatoms. The van der Waals surface area contributed by atoms with Gasteiger partial charge in [0.05, 0.1) is 6.04 Å². The molecule has 0 saturated heterocycles. The Labute approximate surface area is 123 Å². The van der Waals surface area contributed by atoms with E-state index in [0.717, 1.165) is 17.5 Å². The highest BCUT2D eigenvalue weighted by Gasteiger charge is 2.13. The monoisotopic (exact) mass is 285 g/mol. The Kier molecular flexibility index (Phi) is 5.29. The quantitative estimate of drug-likeness (QED) is 0.739. The van der Waals surface area contributed by atoms with Crippen LogP contribution in [-0.2, 0) is 17.6 Å². The third kappa shape index (κ3) is 4.89. The van der Waals surface area contributed by atoms with Gasteiger partial charge in [-0.2, -0.15) is 0 Å². The van der Waals surface area contributed by atoms with Crippen LogP contribution in [0.3, 0.4) is 0 Å². The fourth-order valence-electron chi connectivity index (χ4n) is 1.99. The first kappa shape index (κ1) is 15.0. The minimum Gasteiger partial charge on any atom is -0.508 e. The zero-order chi connectivity index (χ0) is 15.1. The van der Waals surface area contributed by atoms with Gasteiger partial charge in [0.25, 0.3) is 0 Å². The molecule has 0 aliphatic heterocycles. The standard InChI is InChI=1S/C16H19N3O2/c17-15(11-13-1-3-14(20)4-2-13)16(21)19-10-7-12-5-8-18-9-6-12/h1-6,8-9,15,20H,7,10-11,17H2,(H,19,21). The summed E-state index contributed by atoms with van der Waals surface area (Å²) in [4.78, 5) is 15.9. The van der Waals surface area contributed by atoms with Crippen molar-refractivity contribution in [3.8, 4) is 5.75 Å². The van der Waals surface area contributed by atoms with E-state index in [-0.39, 0.29) is 11.7 Å². The smallest absolute Gasteiger partial charge is 0.237 e. The summed E-state index contributed by atoms with van der Waals surface area (Å²) >= 11 is 0. The van der Waals surface area contributed by atoms with Gasteiger partial charge in [0.1, 0.15) is 5.75 Å². The van der Waals surface area contributed by atoms with Gasteiger partial charge in [0, 0.05) is 18.9 Å². The molecule has 0 spiro atoms. The molecular formula is C16H19N3O2. The Balaban J connectivity index is 1.76. The maximum Gasteiger partial charge on any atom is 0.237 e. The van der Waals surface area contributed by atoms with Crippen molar-refractivity contribution in [3.05, 3.63) is 59.9 Å². The van der Waals surface area contributed by atoms with Gasteiger partial charge >= 0.3 is 0 Å². The molecule has 4 N–H and O–H groups in total. The molecule has 21 heavy (non-hydrogen) atoms. The van der Waals surface area contributed by atoms with Crippen LogP contribution in [0.25, 0.3) is 0 Å². The van der Waals surface area contributed by atoms with E-state index in [4.69, 9.17) is 5.73 Å². The summed E-state index contributed by atoms with van der Waals surface area (Å²) in [5.41, 5.74) is 7.93. The zero-order valence-electron chi connectivity index (χ0n) is 11.7. The average molecular weight is 285 g/mol. The van der Waals surface area contributed by atoms with Gasteiger partial charge < -0.3 is 16.2 Å². The van der Waals surface area contributed by atoms with E-state index in [0.29, 0.717) is 13.0 Å². The van der Waals surface area contributed by atoms with Crippen molar-refractivity contribution in [2.24, 2.45) is 5.73 Å². The Bertz CT molecular complexity index is 570. The molecule has 2 aromatic rings. The van der Waals surface area contributed by atoms with Crippen molar-refractivity contribution in [2.45, 2.75) is 18.9 Å². The predicted molar refractivity (Wildman–Crippen MR) is 80.7 cm³/mol. The number of pyridine rings is 1. The number of aromatic hydroxyl groups is 1. The molecule has 0 saturated carbocycles. The first-order valence-corrected chi connectivity index (χ1v) is 6.85. The molecule has 0 aliphatic carbocycles. The van der Waals surface area contributed by atoms with Gasteiger partial charge in [0.15, 0.2) is 0 Å². The van der Waals surface area contributed by atoms with Crippen LogP contribution in [0.15, 0.2) is 48.8 Å². The Morgan fingerprint density at radius 1 is 1.14 bits per heavy atom. The summed E-state index contributed by atoms with van der Waals surface area (Å²) in [5.74, 6) is 0.0336. The number of carbonyl (C=O) groups is 1. The van der Waals surface area contributed by atoms with Crippen LogP contribution in [0.1, 0.15) is 11.1 Å². The lowest BCUT2D eigenvalue weighted by Crippen LogP contribution is -2.42.